The van der Waals surface area contributed by atoms with Crippen LogP contribution in [0, 0.1) is 0 Å². The van der Waals surface area contributed by atoms with Crippen LogP contribution in [0.15, 0.2) is 48.3 Å². The number of nitrogens with zero attached hydrogens (tertiary/aromatic N) is 1. The monoisotopic (exact) mass is 237 g/mol. The number of Topliss-reactive ketones (excluding diaryl/α,β-unsaturated/α-hetero) is 1. The van der Waals surface area contributed by atoms with Gasteiger partial charge in [-0.2, -0.15) is 0 Å². The molecule has 0 atom stereocenters. The van der Waals surface area contributed by atoms with E-state index in [1.807, 2.05) is 18.2 Å². The predicted molar refractivity (Wildman–Crippen MR) is 68.4 cm³/mol. The summed E-state index contributed by atoms with van der Waals surface area (Å²) in [5.41, 5.74) is 3.22. The van der Waals surface area contributed by atoms with Crippen molar-refractivity contribution in [2.45, 2.75) is 6.42 Å². The van der Waals surface area contributed by atoms with Gasteiger partial charge in [0.05, 0.1) is 0 Å². The first-order chi connectivity index (χ1) is 8.74. The zero-order chi connectivity index (χ0) is 12.5. The molecule has 1 aromatic heterocycles. The van der Waals surface area contributed by atoms with E-state index >= 15 is 0 Å². The Labute approximate surface area is 104 Å². The van der Waals surface area contributed by atoms with Gasteiger partial charge in [-0.1, -0.05) is 6.07 Å². The van der Waals surface area contributed by atoms with Crippen molar-refractivity contribution < 1.29 is 9.90 Å². The molecule has 0 spiro atoms. The fourth-order valence-corrected chi connectivity index (χ4v) is 2.19. The summed E-state index contributed by atoms with van der Waals surface area (Å²) in [7, 11) is 0. The molecule has 1 aliphatic carbocycles. The number of carbonyl (C=O) groups excluding carboxylic acids is 1. The Balaban J connectivity index is 2.00. The van der Waals surface area contributed by atoms with E-state index in [9.17, 15) is 9.90 Å². The second-order valence-electron chi connectivity index (χ2n) is 4.30. The van der Waals surface area contributed by atoms with Gasteiger partial charge >= 0.3 is 0 Å². The van der Waals surface area contributed by atoms with Crippen molar-refractivity contribution >= 4 is 11.9 Å². The summed E-state index contributed by atoms with van der Waals surface area (Å²) in [5.74, 6) is 0.234. The molecule has 1 aromatic carbocycles. The van der Waals surface area contributed by atoms with Gasteiger partial charge in [-0.15, -0.1) is 0 Å². The van der Waals surface area contributed by atoms with Crippen molar-refractivity contribution in [2.24, 2.45) is 0 Å². The Kier molecular flexibility index (Phi) is 2.45. The Morgan fingerprint density at radius 3 is 2.94 bits per heavy atom. The molecule has 3 rings (SSSR count). The number of fused-ring (bicyclic) bond motifs is 1. The molecule has 1 N–H and O–H groups in total. The summed E-state index contributed by atoms with van der Waals surface area (Å²) in [6, 6.07) is 8.62. The van der Waals surface area contributed by atoms with Gasteiger partial charge in [-0.05, 0) is 41.5 Å². The fraction of sp³-hybridized carbons (Fsp3) is 0.0667. The highest BCUT2D eigenvalue weighted by Gasteiger charge is 2.24. The number of rotatable bonds is 1. The van der Waals surface area contributed by atoms with Crippen LogP contribution in [-0.4, -0.2) is 15.9 Å². The molecule has 0 saturated heterocycles. The first-order valence-corrected chi connectivity index (χ1v) is 5.71. The SMILES string of the molecule is O=C1/C(=C\c2cccnc2)Cc2cc(O)ccc21. The number of aromatic hydroxyl groups is 1. The largest absolute Gasteiger partial charge is 0.508 e. The molecule has 0 radical (unpaired) electrons. The first-order valence-electron chi connectivity index (χ1n) is 5.71. The molecule has 0 fully saturated rings. The molecule has 0 amide bonds. The molecule has 1 aliphatic rings. The van der Waals surface area contributed by atoms with Crippen LogP contribution in [0.4, 0.5) is 0 Å². The van der Waals surface area contributed by atoms with Crippen LogP contribution in [0.2, 0.25) is 0 Å². The highest BCUT2D eigenvalue weighted by atomic mass is 16.3. The molecule has 88 valence electrons. The lowest BCUT2D eigenvalue weighted by molar-refractivity contribution is 0.104. The molecule has 2 aromatic rings. The lowest BCUT2D eigenvalue weighted by Crippen LogP contribution is -1.95. The minimum absolute atomic E-state index is 0.0360. The van der Waals surface area contributed by atoms with E-state index < -0.39 is 0 Å². The summed E-state index contributed by atoms with van der Waals surface area (Å²) < 4.78 is 0. The smallest absolute Gasteiger partial charge is 0.189 e. The van der Waals surface area contributed by atoms with Gasteiger partial charge in [-0.3, -0.25) is 9.78 Å². The summed E-state index contributed by atoms with van der Waals surface area (Å²) in [6.07, 6.45) is 5.84. The topological polar surface area (TPSA) is 50.2 Å². The van der Waals surface area contributed by atoms with Crippen molar-refractivity contribution in [3.63, 3.8) is 0 Å². The molecule has 3 nitrogen and oxygen atoms in total. The van der Waals surface area contributed by atoms with Gasteiger partial charge in [0.25, 0.3) is 0 Å². The highest BCUT2D eigenvalue weighted by molar-refractivity contribution is 6.15. The summed E-state index contributed by atoms with van der Waals surface area (Å²) in [6.45, 7) is 0. The van der Waals surface area contributed by atoms with Crippen molar-refractivity contribution in [1.29, 1.82) is 0 Å². The number of carbonyl (C=O) groups is 1. The molecule has 0 bridgehead atoms. The van der Waals surface area contributed by atoms with Crippen LogP contribution in [0.3, 0.4) is 0 Å². The lowest BCUT2D eigenvalue weighted by atomic mass is 10.1. The van der Waals surface area contributed by atoms with E-state index in [-0.39, 0.29) is 11.5 Å². The maximum absolute atomic E-state index is 12.1. The van der Waals surface area contributed by atoms with E-state index in [4.69, 9.17) is 0 Å². The number of phenols is 1. The Hall–Kier alpha value is -2.42. The number of pyridine rings is 1. The predicted octanol–water partition coefficient (Wildman–Crippen LogP) is 2.61. The molecular weight excluding hydrogens is 226 g/mol. The molecule has 0 unspecified atom stereocenters. The zero-order valence-corrected chi connectivity index (χ0v) is 9.63. The van der Waals surface area contributed by atoms with E-state index in [2.05, 4.69) is 4.98 Å². The Morgan fingerprint density at radius 1 is 1.28 bits per heavy atom. The zero-order valence-electron chi connectivity index (χ0n) is 9.63. The molecule has 1 heterocycles. The minimum Gasteiger partial charge on any atom is -0.508 e. The summed E-state index contributed by atoms with van der Waals surface area (Å²) in [4.78, 5) is 16.2. The molecule has 0 aliphatic heterocycles. The summed E-state index contributed by atoms with van der Waals surface area (Å²) >= 11 is 0. The van der Waals surface area contributed by atoms with E-state index in [1.165, 1.54) is 0 Å². The van der Waals surface area contributed by atoms with Crippen molar-refractivity contribution in [2.75, 3.05) is 0 Å². The van der Waals surface area contributed by atoms with Gasteiger partial charge in [0.1, 0.15) is 5.75 Å². The minimum atomic E-state index is 0.0360. The second kappa shape index (κ2) is 4.11. The van der Waals surface area contributed by atoms with E-state index in [0.717, 1.165) is 16.7 Å². The number of aromatic nitrogens is 1. The molecule has 18 heavy (non-hydrogen) atoms. The van der Waals surface area contributed by atoms with Crippen LogP contribution < -0.4 is 0 Å². The number of phenolic OH excluding ortho intramolecular Hbond substituents is 1. The van der Waals surface area contributed by atoms with Crippen LogP contribution in [0.5, 0.6) is 5.75 Å². The summed E-state index contributed by atoms with van der Waals surface area (Å²) in [5, 5.41) is 9.42. The third kappa shape index (κ3) is 1.80. The van der Waals surface area contributed by atoms with Crippen LogP contribution in [0.25, 0.3) is 6.08 Å². The quantitative estimate of drug-likeness (QED) is 0.775. The standard InChI is InChI=1S/C15H11NO2/c17-13-3-4-14-11(8-13)7-12(15(14)18)6-10-2-1-5-16-9-10/h1-6,8-9,17H,7H2/b12-6-. The van der Waals surface area contributed by atoms with Crippen molar-refractivity contribution in [3.05, 3.63) is 65.0 Å². The fourth-order valence-electron chi connectivity index (χ4n) is 2.19. The maximum Gasteiger partial charge on any atom is 0.189 e. The number of benzene rings is 1. The Morgan fingerprint density at radius 2 is 2.17 bits per heavy atom. The maximum atomic E-state index is 12.1. The van der Waals surface area contributed by atoms with Gasteiger partial charge in [0, 0.05) is 30.0 Å². The molecule has 0 saturated carbocycles. The number of hydrogen-bond donors (Lipinski definition) is 1. The lowest BCUT2D eigenvalue weighted by Gasteiger charge is -1.95. The van der Waals surface area contributed by atoms with E-state index in [0.29, 0.717) is 12.0 Å². The van der Waals surface area contributed by atoms with Gasteiger partial charge in [0.2, 0.25) is 0 Å². The molecular formula is C15H11NO2. The molecule has 3 heteroatoms. The van der Waals surface area contributed by atoms with Crippen molar-refractivity contribution in [1.82, 2.24) is 4.98 Å². The normalized spacial score (nSPS) is 16.0. The number of ketones is 1. The average Bonchev–Trinajstić information content (AvgIpc) is 2.67. The van der Waals surface area contributed by atoms with Crippen molar-refractivity contribution in [3.8, 4) is 5.75 Å². The highest BCUT2D eigenvalue weighted by Crippen LogP contribution is 2.30. The van der Waals surface area contributed by atoms with Gasteiger partial charge in [-0.25, -0.2) is 0 Å². The third-order valence-corrected chi connectivity index (χ3v) is 3.03. The van der Waals surface area contributed by atoms with E-state index in [1.54, 1.807) is 30.6 Å². The van der Waals surface area contributed by atoms with Crippen LogP contribution >= 0.6 is 0 Å². The average molecular weight is 237 g/mol. The number of allylic oxidation sites excluding steroid dienone is 1. The van der Waals surface area contributed by atoms with Crippen LogP contribution in [0.1, 0.15) is 21.5 Å². The van der Waals surface area contributed by atoms with Gasteiger partial charge < -0.3 is 5.11 Å². The first kappa shape index (κ1) is 10.7. The second-order valence-corrected chi connectivity index (χ2v) is 4.30. The van der Waals surface area contributed by atoms with Gasteiger partial charge in [0.15, 0.2) is 5.78 Å². The third-order valence-electron chi connectivity index (χ3n) is 3.03. The Bertz CT molecular complexity index is 645. The number of hydrogen-bond acceptors (Lipinski definition) is 3. The van der Waals surface area contributed by atoms with Crippen LogP contribution in [-0.2, 0) is 6.42 Å².